The minimum absolute atomic E-state index is 0. The standard InChI is InChI=1S/C22H24N.C11H20O2.Ir/c1-14-10-15(2)12-17(11-14)21-19(22(4,5)6)13-18-16(3)8-7-9-20(18)23-21;1-10(2,3)8(12)7-9(13)11(4,5)6;/h7-11,13H,1-6H3;7,12H,1-6H3;/q-1;;/b;8-7-;. The van der Waals surface area contributed by atoms with Crippen LogP contribution >= 0.6 is 0 Å². The van der Waals surface area contributed by atoms with Crippen LogP contribution in [0.1, 0.15) is 84.6 Å². The molecule has 0 spiro atoms. The van der Waals surface area contributed by atoms with E-state index in [-0.39, 0.29) is 42.5 Å². The smallest absolute Gasteiger partial charge is 0.164 e. The van der Waals surface area contributed by atoms with Crippen LogP contribution in [0, 0.1) is 37.7 Å². The molecule has 1 heterocycles. The fourth-order valence-corrected chi connectivity index (χ4v) is 3.70. The summed E-state index contributed by atoms with van der Waals surface area (Å²) in [6, 6.07) is 16.5. The summed E-state index contributed by atoms with van der Waals surface area (Å²) in [6.07, 6.45) is 1.33. The summed E-state index contributed by atoms with van der Waals surface area (Å²) in [5.41, 5.74) is 7.44. The number of aryl methyl sites for hydroxylation is 3. The molecule has 0 atom stereocenters. The number of benzene rings is 2. The Labute approximate surface area is 238 Å². The van der Waals surface area contributed by atoms with E-state index in [4.69, 9.17) is 4.98 Å². The molecule has 203 valence electrons. The zero-order valence-corrected chi connectivity index (χ0v) is 27.1. The largest absolute Gasteiger partial charge is 0.512 e. The van der Waals surface area contributed by atoms with E-state index in [0.717, 1.165) is 22.3 Å². The van der Waals surface area contributed by atoms with Crippen molar-refractivity contribution in [1.29, 1.82) is 0 Å². The number of aromatic nitrogens is 1. The molecule has 2 aromatic carbocycles. The number of pyridine rings is 1. The summed E-state index contributed by atoms with van der Waals surface area (Å²) in [6.45, 7) is 24.2. The maximum absolute atomic E-state index is 11.5. The monoisotopic (exact) mass is 679 g/mol. The quantitative estimate of drug-likeness (QED) is 0.167. The van der Waals surface area contributed by atoms with Crippen LogP contribution in [0.5, 0.6) is 0 Å². The minimum atomic E-state index is -0.417. The van der Waals surface area contributed by atoms with E-state index in [9.17, 15) is 9.90 Å². The van der Waals surface area contributed by atoms with Gasteiger partial charge in [0.25, 0.3) is 0 Å². The zero-order valence-electron chi connectivity index (χ0n) is 24.7. The Morgan fingerprint density at radius 1 is 0.892 bits per heavy atom. The molecular weight excluding hydrogens is 635 g/mol. The van der Waals surface area contributed by atoms with E-state index in [2.05, 4.69) is 84.0 Å². The van der Waals surface area contributed by atoms with Crippen molar-refractivity contribution in [2.45, 2.75) is 88.5 Å². The molecule has 3 rings (SSSR count). The van der Waals surface area contributed by atoms with E-state index in [1.807, 2.05) is 41.5 Å². The summed E-state index contributed by atoms with van der Waals surface area (Å²) in [4.78, 5) is 16.5. The predicted octanol–water partition coefficient (Wildman–Crippen LogP) is 9.01. The SMILES string of the molecule is CC(C)(C)C(=O)/C=C(\O)C(C)(C)C.Cc1[c-]c(-c2nc3cccc(C)c3cc2C(C)(C)C)cc(C)c1.[Ir]. The first kappa shape index (κ1) is 32.7. The summed E-state index contributed by atoms with van der Waals surface area (Å²) >= 11 is 0. The number of hydrogen-bond acceptors (Lipinski definition) is 3. The first-order valence-electron chi connectivity index (χ1n) is 12.7. The van der Waals surface area contributed by atoms with Gasteiger partial charge in [-0.2, -0.15) is 0 Å². The second-order valence-electron chi connectivity index (χ2n) is 12.9. The van der Waals surface area contributed by atoms with Crippen LogP contribution in [0.15, 0.2) is 48.2 Å². The molecule has 0 unspecified atom stereocenters. The van der Waals surface area contributed by atoms with Gasteiger partial charge in [0.2, 0.25) is 0 Å². The number of nitrogens with zero attached hydrogens (tertiary/aromatic N) is 1. The predicted molar refractivity (Wildman–Crippen MR) is 154 cm³/mol. The number of hydrogen-bond donors (Lipinski definition) is 1. The number of carbonyl (C=O) groups is 1. The van der Waals surface area contributed by atoms with Crippen LogP contribution in [-0.4, -0.2) is 15.9 Å². The van der Waals surface area contributed by atoms with E-state index >= 15 is 0 Å². The van der Waals surface area contributed by atoms with Crippen molar-refractivity contribution < 1.29 is 30.0 Å². The third-order valence-corrected chi connectivity index (χ3v) is 6.06. The summed E-state index contributed by atoms with van der Waals surface area (Å²) < 4.78 is 0. The van der Waals surface area contributed by atoms with Crippen LogP contribution in [0.3, 0.4) is 0 Å². The Kier molecular flexibility index (Phi) is 10.7. The topological polar surface area (TPSA) is 50.2 Å². The Hall–Kier alpha value is -2.29. The number of rotatable bonds is 2. The first-order chi connectivity index (χ1) is 16.3. The zero-order chi connectivity index (χ0) is 27.6. The Morgan fingerprint density at radius 3 is 1.97 bits per heavy atom. The molecule has 0 aliphatic rings. The van der Waals surface area contributed by atoms with Gasteiger partial charge in [0.05, 0.1) is 5.52 Å². The van der Waals surface area contributed by atoms with Gasteiger partial charge in [-0.3, -0.25) is 9.78 Å². The summed E-state index contributed by atoms with van der Waals surface area (Å²) in [7, 11) is 0. The molecular formula is C33H44IrNO2-. The van der Waals surface area contributed by atoms with Gasteiger partial charge in [0.1, 0.15) is 5.76 Å². The van der Waals surface area contributed by atoms with Crippen LogP contribution in [0.4, 0.5) is 0 Å². The number of ketones is 1. The Balaban J connectivity index is 0.000000423. The molecule has 1 aromatic heterocycles. The molecule has 1 N–H and O–H groups in total. The van der Waals surface area contributed by atoms with Gasteiger partial charge in [-0.1, -0.05) is 99.9 Å². The third kappa shape index (κ3) is 8.90. The van der Waals surface area contributed by atoms with Crippen molar-refractivity contribution in [3.8, 4) is 11.3 Å². The van der Waals surface area contributed by atoms with Crippen LogP contribution < -0.4 is 0 Å². The molecule has 0 aliphatic heterocycles. The van der Waals surface area contributed by atoms with E-state index in [0.29, 0.717) is 0 Å². The van der Waals surface area contributed by atoms with Crippen molar-refractivity contribution >= 4 is 16.7 Å². The van der Waals surface area contributed by atoms with E-state index in [1.54, 1.807) is 0 Å². The van der Waals surface area contributed by atoms with Gasteiger partial charge < -0.3 is 5.11 Å². The van der Waals surface area contributed by atoms with Gasteiger partial charge in [0, 0.05) is 42.4 Å². The number of allylic oxidation sites excluding steroid dienone is 2. The van der Waals surface area contributed by atoms with Gasteiger partial charge in [-0.25, -0.2) is 0 Å². The van der Waals surface area contributed by atoms with Crippen molar-refractivity contribution in [3.05, 3.63) is 76.6 Å². The second-order valence-corrected chi connectivity index (χ2v) is 12.9. The van der Waals surface area contributed by atoms with Crippen LogP contribution in [-0.2, 0) is 30.3 Å². The fourth-order valence-electron chi connectivity index (χ4n) is 3.70. The molecule has 3 aromatic rings. The molecule has 0 saturated heterocycles. The molecule has 0 fully saturated rings. The maximum atomic E-state index is 11.5. The Bertz CT molecular complexity index is 1260. The normalized spacial score (nSPS) is 12.5. The summed E-state index contributed by atoms with van der Waals surface area (Å²) in [5.74, 6) is 0.104. The van der Waals surface area contributed by atoms with Crippen molar-refractivity contribution in [3.63, 3.8) is 0 Å². The van der Waals surface area contributed by atoms with Gasteiger partial charge in [-0.05, 0) is 29.7 Å². The first-order valence-corrected chi connectivity index (χ1v) is 12.7. The number of carbonyl (C=O) groups excluding carboxylic acids is 1. The van der Waals surface area contributed by atoms with Gasteiger partial charge in [-0.15, -0.1) is 34.9 Å². The second kappa shape index (κ2) is 12.0. The maximum Gasteiger partial charge on any atom is 0.164 e. The molecule has 4 heteroatoms. The van der Waals surface area contributed by atoms with Crippen molar-refractivity contribution in [2.24, 2.45) is 10.8 Å². The molecule has 0 aliphatic carbocycles. The third-order valence-electron chi connectivity index (χ3n) is 6.06. The fraction of sp³-hybridized carbons (Fsp3) is 0.455. The number of fused-ring (bicyclic) bond motifs is 1. The van der Waals surface area contributed by atoms with E-state index in [1.165, 1.54) is 28.2 Å². The van der Waals surface area contributed by atoms with Gasteiger partial charge in [0.15, 0.2) is 5.78 Å². The average Bonchev–Trinajstić information content (AvgIpc) is 2.71. The molecule has 0 saturated carbocycles. The van der Waals surface area contributed by atoms with Gasteiger partial charge >= 0.3 is 0 Å². The minimum Gasteiger partial charge on any atom is -0.512 e. The molecule has 37 heavy (non-hydrogen) atoms. The van der Waals surface area contributed by atoms with Crippen molar-refractivity contribution in [2.75, 3.05) is 0 Å². The van der Waals surface area contributed by atoms with Crippen LogP contribution in [0.25, 0.3) is 22.2 Å². The van der Waals surface area contributed by atoms with Crippen LogP contribution in [0.2, 0.25) is 0 Å². The number of aliphatic hydroxyl groups is 1. The number of aliphatic hydroxyl groups excluding tert-OH is 1. The van der Waals surface area contributed by atoms with E-state index < -0.39 is 5.41 Å². The summed E-state index contributed by atoms with van der Waals surface area (Å²) in [5, 5.41) is 10.8. The molecule has 0 bridgehead atoms. The average molecular weight is 679 g/mol. The van der Waals surface area contributed by atoms with Crippen molar-refractivity contribution in [1.82, 2.24) is 4.98 Å². The Morgan fingerprint density at radius 2 is 1.49 bits per heavy atom. The molecule has 0 amide bonds. The molecule has 3 nitrogen and oxygen atoms in total. The molecule has 1 radical (unpaired) electrons.